The molecule has 0 aromatic carbocycles. The Balaban J connectivity index is 3.35. The average Bonchev–Trinajstić information content (AvgIpc) is 2.15. The summed E-state index contributed by atoms with van der Waals surface area (Å²) in [5.74, 6) is -1.13. The zero-order chi connectivity index (χ0) is 13.2. The second-order valence-electron chi connectivity index (χ2n) is 2.96. The van der Waals surface area contributed by atoms with E-state index in [1.54, 1.807) is 0 Å². The summed E-state index contributed by atoms with van der Waals surface area (Å²) in [5.41, 5.74) is 8.14. The molecular weight excluding hydrogens is 249 g/mol. The van der Waals surface area contributed by atoms with Gasteiger partial charge in [0.2, 0.25) is 0 Å². The first kappa shape index (κ1) is 13.4. The minimum absolute atomic E-state index is 0.438. The van der Waals surface area contributed by atoms with E-state index in [-0.39, 0.29) is 0 Å². The van der Waals surface area contributed by atoms with E-state index in [1.165, 1.54) is 0 Å². The van der Waals surface area contributed by atoms with Gasteiger partial charge < -0.3 is 16.2 Å². The Bertz CT molecular complexity index is 407. The van der Waals surface area contributed by atoms with Crippen LogP contribution >= 0.6 is 0 Å². The van der Waals surface area contributed by atoms with Crippen molar-refractivity contribution in [2.75, 3.05) is 5.73 Å². The molecule has 0 aliphatic heterocycles. The summed E-state index contributed by atoms with van der Waals surface area (Å²) < 4.78 is 64.8. The summed E-state index contributed by atoms with van der Waals surface area (Å²) in [6.45, 7) is -0.481. The normalized spacial score (nSPS) is 11.9. The van der Waals surface area contributed by atoms with Gasteiger partial charge in [-0.25, -0.2) is 8.78 Å². The molecule has 0 aliphatic carbocycles. The molecule has 0 spiro atoms. The molecule has 1 aromatic heterocycles. The molecule has 0 fully saturated rings. The van der Waals surface area contributed by atoms with Gasteiger partial charge in [0.15, 0.2) is 5.75 Å². The number of hydrogen-bond donors (Lipinski definition) is 2. The molecule has 0 amide bonds. The minimum Gasteiger partial charge on any atom is -0.403 e. The van der Waals surface area contributed by atoms with Gasteiger partial charge in [-0.1, -0.05) is 0 Å². The molecular formula is C8H8F5N3O. The van der Waals surface area contributed by atoms with Crippen molar-refractivity contribution in [1.29, 1.82) is 0 Å². The number of anilines is 1. The van der Waals surface area contributed by atoms with E-state index in [4.69, 9.17) is 11.5 Å². The fourth-order valence-corrected chi connectivity index (χ4v) is 1.16. The summed E-state index contributed by atoms with van der Waals surface area (Å²) in [4.78, 5) is 3.42. The smallest absolute Gasteiger partial charge is 0.403 e. The number of aromatic nitrogens is 1. The number of ether oxygens (including phenoxy) is 1. The Hall–Kier alpha value is -1.64. The van der Waals surface area contributed by atoms with Gasteiger partial charge in [0.1, 0.15) is 0 Å². The lowest BCUT2D eigenvalue weighted by Crippen LogP contribution is -2.21. The molecule has 96 valence electrons. The van der Waals surface area contributed by atoms with Crippen LogP contribution in [0.4, 0.5) is 27.6 Å². The number of halogens is 5. The van der Waals surface area contributed by atoms with Crippen molar-refractivity contribution in [2.24, 2.45) is 5.73 Å². The van der Waals surface area contributed by atoms with Crippen molar-refractivity contribution in [1.82, 2.24) is 4.98 Å². The standard InChI is InChI=1S/C8H8F5N3O/c9-7(10)5-3(15)2-16-4(1-14)6(5)17-8(11,12)13/h2,7H,1,14-15H2. The monoisotopic (exact) mass is 257 g/mol. The van der Waals surface area contributed by atoms with Gasteiger partial charge >= 0.3 is 6.36 Å². The number of nitrogen functional groups attached to an aromatic ring is 1. The Morgan fingerprint density at radius 1 is 1.35 bits per heavy atom. The molecule has 4 nitrogen and oxygen atoms in total. The van der Waals surface area contributed by atoms with Crippen molar-refractivity contribution in [3.05, 3.63) is 17.5 Å². The first-order valence-electron chi connectivity index (χ1n) is 4.27. The van der Waals surface area contributed by atoms with Crippen LogP contribution in [0, 0.1) is 0 Å². The van der Waals surface area contributed by atoms with Crippen LogP contribution in [0.1, 0.15) is 17.7 Å². The topological polar surface area (TPSA) is 74.2 Å². The third kappa shape index (κ3) is 3.16. The van der Waals surface area contributed by atoms with Gasteiger partial charge in [-0.3, -0.25) is 4.98 Å². The number of rotatable bonds is 3. The number of hydrogen-bond acceptors (Lipinski definition) is 4. The fourth-order valence-electron chi connectivity index (χ4n) is 1.16. The second-order valence-corrected chi connectivity index (χ2v) is 2.96. The van der Waals surface area contributed by atoms with Crippen LogP contribution in [0.2, 0.25) is 0 Å². The lowest BCUT2D eigenvalue weighted by atomic mass is 10.1. The molecule has 4 N–H and O–H groups in total. The van der Waals surface area contributed by atoms with Gasteiger partial charge in [0.25, 0.3) is 6.43 Å². The van der Waals surface area contributed by atoms with Crippen LogP contribution in [0.3, 0.4) is 0 Å². The maximum atomic E-state index is 12.6. The maximum absolute atomic E-state index is 12.6. The van der Waals surface area contributed by atoms with E-state index in [9.17, 15) is 22.0 Å². The highest BCUT2D eigenvalue weighted by molar-refractivity contribution is 5.55. The molecule has 0 atom stereocenters. The van der Waals surface area contributed by atoms with Crippen molar-refractivity contribution in [3.8, 4) is 5.75 Å². The van der Waals surface area contributed by atoms with Crippen LogP contribution in [0.5, 0.6) is 5.75 Å². The third-order valence-corrected chi connectivity index (χ3v) is 1.81. The summed E-state index contributed by atoms with van der Waals surface area (Å²) in [6, 6.07) is 0. The Kier molecular flexibility index (Phi) is 3.71. The lowest BCUT2D eigenvalue weighted by Gasteiger charge is -2.16. The lowest BCUT2D eigenvalue weighted by molar-refractivity contribution is -0.275. The molecule has 0 bridgehead atoms. The fraction of sp³-hybridized carbons (Fsp3) is 0.375. The van der Waals surface area contributed by atoms with Crippen LogP contribution in [0.25, 0.3) is 0 Å². The van der Waals surface area contributed by atoms with Crippen LogP contribution < -0.4 is 16.2 Å². The van der Waals surface area contributed by atoms with E-state index in [0.29, 0.717) is 0 Å². The van der Waals surface area contributed by atoms with E-state index in [0.717, 1.165) is 6.20 Å². The van der Waals surface area contributed by atoms with Crippen molar-refractivity contribution in [2.45, 2.75) is 19.3 Å². The van der Waals surface area contributed by atoms with Crippen LogP contribution in [-0.4, -0.2) is 11.3 Å². The molecule has 0 saturated heterocycles. The molecule has 0 saturated carbocycles. The van der Waals surface area contributed by atoms with Gasteiger partial charge in [0.05, 0.1) is 23.1 Å². The average molecular weight is 257 g/mol. The largest absolute Gasteiger partial charge is 0.573 e. The molecule has 0 aliphatic rings. The Morgan fingerprint density at radius 3 is 2.35 bits per heavy atom. The summed E-state index contributed by atoms with van der Waals surface area (Å²) in [7, 11) is 0. The summed E-state index contributed by atoms with van der Waals surface area (Å²) in [6.07, 6.45) is -7.53. The predicted molar refractivity (Wildman–Crippen MR) is 48.2 cm³/mol. The summed E-state index contributed by atoms with van der Waals surface area (Å²) in [5, 5.41) is 0. The zero-order valence-corrected chi connectivity index (χ0v) is 8.26. The van der Waals surface area contributed by atoms with Crippen LogP contribution in [0.15, 0.2) is 6.20 Å². The first-order chi connectivity index (χ1) is 7.76. The highest BCUT2D eigenvalue weighted by atomic mass is 19.4. The third-order valence-electron chi connectivity index (χ3n) is 1.81. The Labute approximate surface area is 92.4 Å². The van der Waals surface area contributed by atoms with Crippen molar-refractivity contribution in [3.63, 3.8) is 0 Å². The van der Waals surface area contributed by atoms with Crippen LogP contribution in [-0.2, 0) is 6.54 Å². The molecule has 17 heavy (non-hydrogen) atoms. The van der Waals surface area contributed by atoms with E-state index < -0.39 is 42.0 Å². The number of alkyl halides is 5. The van der Waals surface area contributed by atoms with E-state index in [1.807, 2.05) is 0 Å². The quantitative estimate of drug-likeness (QED) is 0.812. The molecule has 0 radical (unpaired) electrons. The molecule has 0 unspecified atom stereocenters. The molecule has 9 heteroatoms. The Morgan fingerprint density at radius 2 is 1.94 bits per heavy atom. The first-order valence-corrected chi connectivity index (χ1v) is 4.27. The predicted octanol–water partition coefficient (Wildman–Crippen LogP) is 1.96. The van der Waals surface area contributed by atoms with E-state index in [2.05, 4.69) is 9.72 Å². The number of nitrogens with two attached hydrogens (primary N) is 2. The van der Waals surface area contributed by atoms with Gasteiger partial charge in [-0.15, -0.1) is 13.2 Å². The number of pyridine rings is 1. The zero-order valence-electron chi connectivity index (χ0n) is 8.26. The maximum Gasteiger partial charge on any atom is 0.573 e. The van der Waals surface area contributed by atoms with Gasteiger partial charge in [0, 0.05) is 6.54 Å². The second kappa shape index (κ2) is 4.70. The van der Waals surface area contributed by atoms with Crippen molar-refractivity contribution >= 4 is 5.69 Å². The molecule has 1 aromatic rings. The van der Waals surface area contributed by atoms with E-state index >= 15 is 0 Å². The summed E-state index contributed by atoms with van der Waals surface area (Å²) >= 11 is 0. The van der Waals surface area contributed by atoms with Gasteiger partial charge in [-0.2, -0.15) is 0 Å². The minimum atomic E-state index is -5.12. The number of nitrogens with zero attached hydrogens (tertiary/aromatic N) is 1. The highest BCUT2D eigenvalue weighted by Crippen LogP contribution is 2.38. The highest BCUT2D eigenvalue weighted by Gasteiger charge is 2.35. The van der Waals surface area contributed by atoms with Gasteiger partial charge in [-0.05, 0) is 0 Å². The SMILES string of the molecule is NCc1ncc(N)c(C(F)F)c1OC(F)(F)F. The van der Waals surface area contributed by atoms with Crippen molar-refractivity contribution < 1.29 is 26.7 Å². The molecule has 1 heterocycles. The molecule has 1 rings (SSSR count).